The van der Waals surface area contributed by atoms with E-state index in [-0.39, 0.29) is 6.04 Å². The number of nitrogens with zero attached hydrogens (tertiary/aromatic N) is 1. The number of thiazole rings is 1. The summed E-state index contributed by atoms with van der Waals surface area (Å²) in [5.74, 6) is 0. The molecule has 0 bridgehead atoms. The van der Waals surface area contributed by atoms with Gasteiger partial charge in [0.15, 0.2) is 0 Å². The summed E-state index contributed by atoms with van der Waals surface area (Å²) in [7, 11) is 0. The molecule has 0 fully saturated rings. The molecule has 15 heavy (non-hydrogen) atoms. The molecule has 0 aliphatic rings. The summed E-state index contributed by atoms with van der Waals surface area (Å²) in [6.07, 6.45) is 2.06. The van der Waals surface area contributed by atoms with E-state index < -0.39 is 0 Å². The minimum Gasteiger partial charge on any atom is -0.323 e. The Balaban J connectivity index is 1.93. The van der Waals surface area contributed by atoms with Crippen LogP contribution in [-0.4, -0.2) is 4.98 Å². The molecule has 0 saturated heterocycles. The molecule has 0 aromatic carbocycles. The third-order valence-corrected chi connectivity index (χ3v) is 4.24. The number of thiophene rings is 1. The van der Waals surface area contributed by atoms with E-state index in [1.54, 1.807) is 22.7 Å². The van der Waals surface area contributed by atoms with Crippen LogP contribution < -0.4 is 5.73 Å². The van der Waals surface area contributed by atoms with Crippen molar-refractivity contribution in [2.75, 3.05) is 0 Å². The van der Waals surface area contributed by atoms with Gasteiger partial charge in [-0.25, -0.2) is 4.98 Å². The lowest BCUT2D eigenvalue weighted by molar-refractivity contribution is 0.658. The second-order valence-electron chi connectivity index (χ2n) is 3.58. The van der Waals surface area contributed by atoms with Crippen LogP contribution in [0.1, 0.15) is 28.6 Å². The first-order valence-electron chi connectivity index (χ1n) is 4.94. The molecule has 1 unspecified atom stereocenters. The van der Waals surface area contributed by atoms with Crippen molar-refractivity contribution in [3.8, 4) is 0 Å². The lowest BCUT2D eigenvalue weighted by atomic mass is 10.1. The molecule has 2 aromatic rings. The standard InChI is InChI=1S/C11H14N2S2/c1-8-11(15-7-13-8)10(12)3-2-9-4-5-14-6-9/h4-7,10H,2-3,12H2,1H3. The van der Waals surface area contributed by atoms with Crippen LogP contribution >= 0.6 is 22.7 Å². The molecule has 0 spiro atoms. The van der Waals surface area contributed by atoms with E-state index in [0.29, 0.717) is 0 Å². The minimum atomic E-state index is 0.136. The lowest BCUT2D eigenvalue weighted by Crippen LogP contribution is -2.10. The van der Waals surface area contributed by atoms with Crippen molar-refractivity contribution in [2.45, 2.75) is 25.8 Å². The van der Waals surface area contributed by atoms with Crippen LogP contribution in [0.2, 0.25) is 0 Å². The van der Waals surface area contributed by atoms with Crippen LogP contribution in [0.25, 0.3) is 0 Å². The van der Waals surface area contributed by atoms with Crippen LogP contribution in [-0.2, 0) is 6.42 Å². The first kappa shape index (κ1) is 10.8. The molecule has 4 heteroatoms. The Morgan fingerprint density at radius 1 is 1.53 bits per heavy atom. The molecule has 1 atom stereocenters. The summed E-state index contributed by atoms with van der Waals surface area (Å²) in [6, 6.07) is 2.30. The van der Waals surface area contributed by atoms with Gasteiger partial charge in [-0.15, -0.1) is 11.3 Å². The van der Waals surface area contributed by atoms with E-state index in [0.717, 1.165) is 18.5 Å². The maximum atomic E-state index is 6.13. The van der Waals surface area contributed by atoms with E-state index in [9.17, 15) is 0 Å². The summed E-state index contributed by atoms with van der Waals surface area (Å²) in [5.41, 5.74) is 10.5. The average Bonchev–Trinajstić information content (AvgIpc) is 2.84. The fourth-order valence-corrected chi connectivity index (χ4v) is 3.10. The number of nitrogens with two attached hydrogens (primary N) is 1. The van der Waals surface area contributed by atoms with Gasteiger partial charge in [0, 0.05) is 10.9 Å². The maximum absolute atomic E-state index is 6.13. The highest BCUT2D eigenvalue weighted by Gasteiger charge is 2.11. The fourth-order valence-electron chi connectivity index (χ4n) is 1.55. The zero-order valence-electron chi connectivity index (χ0n) is 8.64. The second kappa shape index (κ2) is 4.88. The van der Waals surface area contributed by atoms with Gasteiger partial charge in [-0.2, -0.15) is 11.3 Å². The summed E-state index contributed by atoms with van der Waals surface area (Å²) >= 11 is 3.40. The van der Waals surface area contributed by atoms with E-state index in [1.807, 2.05) is 12.4 Å². The molecule has 2 rings (SSSR count). The summed E-state index contributed by atoms with van der Waals surface area (Å²) < 4.78 is 0. The quantitative estimate of drug-likeness (QED) is 0.888. The molecule has 2 heterocycles. The fraction of sp³-hybridized carbons (Fsp3) is 0.364. The molecule has 80 valence electrons. The number of hydrogen-bond acceptors (Lipinski definition) is 4. The van der Waals surface area contributed by atoms with E-state index in [1.165, 1.54) is 10.4 Å². The maximum Gasteiger partial charge on any atom is 0.0798 e. The van der Waals surface area contributed by atoms with Gasteiger partial charge in [0.25, 0.3) is 0 Å². The average molecular weight is 238 g/mol. The highest BCUT2D eigenvalue weighted by Crippen LogP contribution is 2.23. The lowest BCUT2D eigenvalue weighted by Gasteiger charge is -2.09. The van der Waals surface area contributed by atoms with Crippen LogP contribution in [0.5, 0.6) is 0 Å². The van der Waals surface area contributed by atoms with Gasteiger partial charge in [0.05, 0.1) is 11.2 Å². The Morgan fingerprint density at radius 3 is 3.00 bits per heavy atom. The van der Waals surface area contributed by atoms with Crippen LogP contribution in [0.4, 0.5) is 0 Å². The number of rotatable bonds is 4. The molecule has 2 nitrogen and oxygen atoms in total. The Bertz CT molecular complexity index is 406. The van der Waals surface area contributed by atoms with Crippen molar-refractivity contribution in [1.29, 1.82) is 0 Å². The smallest absolute Gasteiger partial charge is 0.0798 e. The van der Waals surface area contributed by atoms with Gasteiger partial charge < -0.3 is 5.73 Å². The van der Waals surface area contributed by atoms with Crippen molar-refractivity contribution in [2.24, 2.45) is 5.73 Å². The summed E-state index contributed by atoms with van der Waals surface area (Å²) in [5, 5.41) is 4.30. The highest BCUT2D eigenvalue weighted by molar-refractivity contribution is 7.09. The Hall–Kier alpha value is -0.710. The monoisotopic (exact) mass is 238 g/mol. The van der Waals surface area contributed by atoms with Gasteiger partial charge in [0.1, 0.15) is 0 Å². The summed E-state index contributed by atoms with van der Waals surface area (Å²) in [6.45, 7) is 2.02. The van der Waals surface area contributed by atoms with Crippen molar-refractivity contribution < 1.29 is 0 Å². The molecule has 2 aromatic heterocycles. The zero-order valence-corrected chi connectivity index (χ0v) is 10.3. The number of hydrogen-bond donors (Lipinski definition) is 1. The Labute approximate surface area is 97.8 Å². The molecule has 0 amide bonds. The number of aromatic nitrogens is 1. The first-order chi connectivity index (χ1) is 7.27. The third-order valence-electron chi connectivity index (χ3n) is 2.44. The highest BCUT2D eigenvalue weighted by atomic mass is 32.1. The molecule has 0 aliphatic heterocycles. The van der Waals surface area contributed by atoms with Gasteiger partial charge >= 0.3 is 0 Å². The SMILES string of the molecule is Cc1ncsc1C(N)CCc1ccsc1. The Kier molecular flexibility index (Phi) is 3.51. The van der Waals surface area contributed by atoms with Crippen molar-refractivity contribution in [3.05, 3.63) is 38.5 Å². The largest absolute Gasteiger partial charge is 0.323 e. The molecule has 0 aliphatic carbocycles. The van der Waals surface area contributed by atoms with Crippen LogP contribution in [0.15, 0.2) is 22.3 Å². The summed E-state index contributed by atoms with van der Waals surface area (Å²) in [4.78, 5) is 5.45. The van der Waals surface area contributed by atoms with E-state index >= 15 is 0 Å². The van der Waals surface area contributed by atoms with Gasteiger partial charge in [-0.3, -0.25) is 0 Å². The molecular weight excluding hydrogens is 224 g/mol. The van der Waals surface area contributed by atoms with Crippen molar-refractivity contribution in [1.82, 2.24) is 4.98 Å². The van der Waals surface area contributed by atoms with Gasteiger partial charge in [-0.1, -0.05) is 0 Å². The zero-order chi connectivity index (χ0) is 10.7. The molecule has 0 saturated carbocycles. The predicted octanol–water partition coefficient (Wildman–Crippen LogP) is 3.15. The normalized spacial score (nSPS) is 12.9. The Morgan fingerprint density at radius 2 is 2.40 bits per heavy atom. The van der Waals surface area contributed by atoms with Crippen LogP contribution in [0, 0.1) is 6.92 Å². The number of aryl methyl sites for hydroxylation is 2. The topological polar surface area (TPSA) is 38.9 Å². The van der Waals surface area contributed by atoms with Crippen molar-refractivity contribution in [3.63, 3.8) is 0 Å². The van der Waals surface area contributed by atoms with E-state index in [4.69, 9.17) is 5.73 Å². The first-order valence-corrected chi connectivity index (χ1v) is 6.76. The van der Waals surface area contributed by atoms with Gasteiger partial charge in [0.2, 0.25) is 0 Å². The molecule has 2 N–H and O–H groups in total. The molecule has 0 radical (unpaired) electrons. The van der Waals surface area contributed by atoms with E-state index in [2.05, 4.69) is 21.8 Å². The van der Waals surface area contributed by atoms with Crippen LogP contribution in [0.3, 0.4) is 0 Å². The van der Waals surface area contributed by atoms with Gasteiger partial charge in [-0.05, 0) is 42.2 Å². The minimum absolute atomic E-state index is 0.136. The second-order valence-corrected chi connectivity index (χ2v) is 5.25. The predicted molar refractivity (Wildman–Crippen MR) is 66.4 cm³/mol. The third kappa shape index (κ3) is 2.65. The van der Waals surface area contributed by atoms with Crippen molar-refractivity contribution >= 4 is 22.7 Å². The molecular formula is C11H14N2S2.